The topological polar surface area (TPSA) is 65.5 Å². The highest BCUT2D eigenvalue weighted by Crippen LogP contribution is 2.30. The molecule has 5 heteroatoms. The fraction of sp³-hybridized carbons (Fsp3) is 0.571. The molecule has 2 N–H and O–H groups in total. The third-order valence-electron chi connectivity index (χ3n) is 4.27. The van der Waals surface area contributed by atoms with Gasteiger partial charge in [-0.05, 0) is 44.8 Å². The number of nitrogens with one attached hydrogen (secondary N) is 1. The maximum absolute atomic E-state index is 11.2. The summed E-state index contributed by atoms with van der Waals surface area (Å²) in [5.74, 6) is -0.253. The highest BCUT2D eigenvalue weighted by Gasteiger charge is 2.34. The van der Waals surface area contributed by atoms with Crippen molar-refractivity contribution in [3.8, 4) is 0 Å². The first-order valence-electron chi connectivity index (χ1n) is 6.82. The van der Waals surface area contributed by atoms with Crippen molar-refractivity contribution in [2.75, 3.05) is 25.0 Å². The Balaban J connectivity index is 1.83. The molecule has 1 aromatic rings. The first-order valence-corrected chi connectivity index (χ1v) is 6.82. The van der Waals surface area contributed by atoms with Gasteiger partial charge in [-0.3, -0.25) is 4.98 Å². The zero-order valence-electron chi connectivity index (χ0n) is 11.1. The molecule has 4 rings (SSSR count). The zero-order chi connectivity index (χ0) is 13.4. The number of aryl methyl sites for hydroxylation is 1. The molecule has 102 valence electrons. The number of anilines is 1. The summed E-state index contributed by atoms with van der Waals surface area (Å²) in [6, 6.07) is 2.20. The summed E-state index contributed by atoms with van der Waals surface area (Å²) >= 11 is 0. The van der Waals surface area contributed by atoms with E-state index in [1.54, 1.807) is 0 Å². The van der Waals surface area contributed by atoms with Crippen LogP contribution in [0, 0.1) is 12.8 Å². The quantitative estimate of drug-likeness (QED) is 0.865. The zero-order valence-corrected chi connectivity index (χ0v) is 11.1. The van der Waals surface area contributed by atoms with Crippen LogP contribution in [-0.4, -0.2) is 46.6 Å². The number of carboxylic acids is 1. The Bertz CT molecular complexity index is 495. The molecule has 3 saturated heterocycles. The van der Waals surface area contributed by atoms with E-state index in [1.165, 1.54) is 32.1 Å². The fourth-order valence-corrected chi connectivity index (χ4v) is 3.18. The minimum absolute atomic E-state index is 0.266. The average molecular weight is 261 g/mol. The Hall–Kier alpha value is -1.62. The molecule has 0 amide bonds. The lowest BCUT2D eigenvalue weighted by Gasteiger charge is -2.45. The largest absolute Gasteiger partial charge is 0.478 e. The van der Waals surface area contributed by atoms with Gasteiger partial charge in [0, 0.05) is 24.5 Å². The van der Waals surface area contributed by atoms with Crippen LogP contribution in [0.5, 0.6) is 0 Å². The van der Waals surface area contributed by atoms with Crippen LogP contribution in [0.15, 0.2) is 12.3 Å². The normalized spacial score (nSPS) is 29.2. The summed E-state index contributed by atoms with van der Waals surface area (Å²) in [6.45, 7) is 5.27. The minimum atomic E-state index is -0.920. The second-order valence-electron chi connectivity index (χ2n) is 5.57. The van der Waals surface area contributed by atoms with Gasteiger partial charge in [-0.1, -0.05) is 0 Å². The van der Waals surface area contributed by atoms with Crippen molar-refractivity contribution in [2.45, 2.75) is 25.8 Å². The molecule has 4 heterocycles. The van der Waals surface area contributed by atoms with Crippen molar-refractivity contribution in [3.05, 3.63) is 23.5 Å². The molecule has 0 aromatic carbocycles. The first kappa shape index (κ1) is 12.4. The number of hydrogen-bond donors (Lipinski definition) is 2. The van der Waals surface area contributed by atoms with Crippen LogP contribution in [-0.2, 0) is 0 Å². The van der Waals surface area contributed by atoms with Gasteiger partial charge >= 0.3 is 5.97 Å². The van der Waals surface area contributed by atoms with Crippen molar-refractivity contribution >= 4 is 11.7 Å². The standard InChI is InChI=1S/C14H19N3O2/c1-9-6-12(11(7-15-9)14(18)19)16-13-8-17-4-2-10(13)3-5-17/h6-7,10,13H,2-5,8H2,1H3,(H,15,16)(H,18,19). The third-order valence-corrected chi connectivity index (χ3v) is 4.27. The van der Waals surface area contributed by atoms with Gasteiger partial charge in [0.15, 0.2) is 0 Å². The van der Waals surface area contributed by atoms with E-state index in [-0.39, 0.29) is 5.56 Å². The maximum atomic E-state index is 11.2. The number of rotatable bonds is 3. The monoisotopic (exact) mass is 261 g/mol. The molecule has 5 nitrogen and oxygen atoms in total. The van der Waals surface area contributed by atoms with Crippen LogP contribution in [0.1, 0.15) is 28.9 Å². The molecule has 0 aliphatic carbocycles. The van der Waals surface area contributed by atoms with Crippen molar-refractivity contribution in [1.29, 1.82) is 0 Å². The van der Waals surface area contributed by atoms with Gasteiger partial charge in [0.25, 0.3) is 0 Å². The number of piperidine rings is 3. The molecule has 0 spiro atoms. The second kappa shape index (κ2) is 4.81. The van der Waals surface area contributed by atoms with Gasteiger partial charge in [0.05, 0.1) is 5.69 Å². The predicted octanol–water partition coefficient (Wildman–Crippen LogP) is 1.59. The summed E-state index contributed by atoms with van der Waals surface area (Å²) < 4.78 is 0. The lowest BCUT2D eigenvalue weighted by molar-refractivity contribution is 0.0696. The summed E-state index contributed by atoms with van der Waals surface area (Å²) in [6.07, 6.45) is 3.87. The van der Waals surface area contributed by atoms with Crippen LogP contribution in [0.25, 0.3) is 0 Å². The molecular weight excluding hydrogens is 242 g/mol. The Morgan fingerprint density at radius 2 is 2.21 bits per heavy atom. The summed E-state index contributed by atoms with van der Waals surface area (Å²) in [5.41, 5.74) is 1.81. The van der Waals surface area contributed by atoms with Gasteiger partial charge in [0.1, 0.15) is 5.56 Å². The summed E-state index contributed by atoms with van der Waals surface area (Å²) in [5, 5.41) is 12.7. The van der Waals surface area contributed by atoms with E-state index >= 15 is 0 Å². The highest BCUT2D eigenvalue weighted by atomic mass is 16.4. The Morgan fingerprint density at radius 3 is 2.79 bits per heavy atom. The average Bonchev–Trinajstić information content (AvgIpc) is 2.40. The Labute approximate surface area is 112 Å². The number of aromatic carboxylic acids is 1. The van der Waals surface area contributed by atoms with Gasteiger partial charge in [-0.25, -0.2) is 4.79 Å². The molecular formula is C14H19N3O2. The summed E-state index contributed by atoms with van der Waals surface area (Å²) in [4.78, 5) is 17.8. The number of carbonyl (C=O) groups is 1. The van der Waals surface area contributed by atoms with Crippen LogP contribution in [0.4, 0.5) is 5.69 Å². The van der Waals surface area contributed by atoms with E-state index in [0.717, 1.165) is 12.2 Å². The predicted molar refractivity (Wildman–Crippen MR) is 72.5 cm³/mol. The van der Waals surface area contributed by atoms with Gasteiger partial charge in [-0.15, -0.1) is 0 Å². The number of nitrogens with zero attached hydrogens (tertiary/aromatic N) is 2. The first-order chi connectivity index (χ1) is 9.13. The third kappa shape index (κ3) is 2.42. The van der Waals surface area contributed by atoms with Crippen LogP contribution >= 0.6 is 0 Å². The van der Waals surface area contributed by atoms with E-state index in [9.17, 15) is 9.90 Å². The number of hydrogen-bond acceptors (Lipinski definition) is 4. The van der Waals surface area contributed by atoms with E-state index < -0.39 is 5.97 Å². The van der Waals surface area contributed by atoms with E-state index in [0.29, 0.717) is 17.6 Å². The smallest absolute Gasteiger partial charge is 0.339 e. The number of carboxylic acid groups (broad SMARTS) is 1. The molecule has 1 atom stereocenters. The molecule has 1 aromatic heterocycles. The lowest BCUT2D eigenvalue weighted by Crippen LogP contribution is -2.53. The molecule has 3 aliphatic heterocycles. The molecule has 2 bridgehead atoms. The maximum Gasteiger partial charge on any atom is 0.339 e. The van der Waals surface area contributed by atoms with Crippen LogP contribution in [0.2, 0.25) is 0 Å². The Morgan fingerprint density at radius 1 is 1.47 bits per heavy atom. The second-order valence-corrected chi connectivity index (χ2v) is 5.57. The molecule has 3 fully saturated rings. The van der Waals surface area contributed by atoms with Crippen LogP contribution in [0.3, 0.4) is 0 Å². The van der Waals surface area contributed by atoms with Crippen molar-refractivity contribution in [1.82, 2.24) is 9.88 Å². The van der Waals surface area contributed by atoms with Crippen LogP contribution < -0.4 is 5.32 Å². The molecule has 0 saturated carbocycles. The van der Waals surface area contributed by atoms with Gasteiger partial charge < -0.3 is 15.3 Å². The van der Waals surface area contributed by atoms with Crippen molar-refractivity contribution in [2.24, 2.45) is 5.92 Å². The molecule has 0 radical (unpaired) electrons. The number of fused-ring (bicyclic) bond motifs is 3. The molecule has 3 aliphatic rings. The summed E-state index contributed by atoms with van der Waals surface area (Å²) in [7, 11) is 0. The molecule has 1 unspecified atom stereocenters. The molecule has 19 heavy (non-hydrogen) atoms. The van der Waals surface area contributed by atoms with Gasteiger partial charge in [-0.2, -0.15) is 0 Å². The number of pyridine rings is 1. The SMILES string of the molecule is Cc1cc(NC2CN3CCC2CC3)c(C(=O)O)cn1. The van der Waals surface area contributed by atoms with Crippen molar-refractivity contribution < 1.29 is 9.90 Å². The minimum Gasteiger partial charge on any atom is -0.478 e. The van der Waals surface area contributed by atoms with Crippen molar-refractivity contribution in [3.63, 3.8) is 0 Å². The lowest BCUT2D eigenvalue weighted by atomic mass is 9.84. The van der Waals surface area contributed by atoms with E-state index in [1.807, 2.05) is 13.0 Å². The highest BCUT2D eigenvalue weighted by molar-refractivity contribution is 5.93. The van der Waals surface area contributed by atoms with E-state index in [2.05, 4.69) is 15.2 Å². The van der Waals surface area contributed by atoms with Gasteiger partial charge in [0.2, 0.25) is 0 Å². The number of aromatic nitrogens is 1. The fourth-order valence-electron chi connectivity index (χ4n) is 3.18. The van der Waals surface area contributed by atoms with E-state index in [4.69, 9.17) is 0 Å². The Kier molecular flexibility index (Phi) is 3.14.